The third-order valence-electron chi connectivity index (χ3n) is 3.00. The van der Waals surface area contributed by atoms with Gasteiger partial charge in [0.05, 0.1) is 0 Å². The predicted molar refractivity (Wildman–Crippen MR) is 82.2 cm³/mol. The first-order chi connectivity index (χ1) is 11.0. The molecule has 0 aromatic heterocycles. The van der Waals surface area contributed by atoms with Crippen LogP contribution < -0.4 is 15.6 Å². The normalized spacial score (nSPS) is 15.2. The Morgan fingerprint density at radius 1 is 1.35 bits per heavy atom. The Morgan fingerprint density at radius 2 is 2.04 bits per heavy atom. The van der Waals surface area contributed by atoms with Crippen molar-refractivity contribution in [1.82, 2.24) is 15.8 Å². The number of carbonyl (C=O) groups is 3. The number of amides is 3. The van der Waals surface area contributed by atoms with Gasteiger partial charge in [0.1, 0.15) is 18.1 Å². The van der Waals surface area contributed by atoms with E-state index in [9.17, 15) is 18.8 Å². The van der Waals surface area contributed by atoms with Crippen LogP contribution in [0.3, 0.4) is 0 Å². The topological polar surface area (TPSA) is 87.7 Å². The zero-order chi connectivity index (χ0) is 16.8. The van der Waals surface area contributed by atoms with Gasteiger partial charge in [-0.05, 0) is 31.2 Å². The summed E-state index contributed by atoms with van der Waals surface area (Å²) in [5.74, 6) is -0.481. The van der Waals surface area contributed by atoms with Gasteiger partial charge in [0.15, 0.2) is 6.10 Å². The van der Waals surface area contributed by atoms with E-state index in [2.05, 4.69) is 10.9 Å². The van der Waals surface area contributed by atoms with E-state index in [0.29, 0.717) is 18.0 Å². The summed E-state index contributed by atoms with van der Waals surface area (Å²) >= 11 is 1.15. The van der Waals surface area contributed by atoms with Crippen molar-refractivity contribution in [1.29, 1.82) is 0 Å². The van der Waals surface area contributed by atoms with Crippen molar-refractivity contribution in [2.45, 2.75) is 13.0 Å². The van der Waals surface area contributed by atoms with Gasteiger partial charge >= 0.3 is 0 Å². The summed E-state index contributed by atoms with van der Waals surface area (Å²) in [5.41, 5.74) is 4.44. The first kappa shape index (κ1) is 17.1. The predicted octanol–water partition coefficient (Wildman–Crippen LogP) is 0.909. The highest BCUT2D eigenvalue weighted by Gasteiger charge is 2.23. The zero-order valence-corrected chi connectivity index (χ0v) is 13.2. The second-order valence-corrected chi connectivity index (χ2v) is 5.83. The highest BCUT2D eigenvalue weighted by molar-refractivity contribution is 8.13. The fraction of sp³-hybridized carbons (Fsp3) is 0.357. The van der Waals surface area contributed by atoms with Crippen molar-refractivity contribution in [2.24, 2.45) is 0 Å². The van der Waals surface area contributed by atoms with E-state index in [1.807, 2.05) is 0 Å². The lowest BCUT2D eigenvalue weighted by Gasteiger charge is -2.17. The van der Waals surface area contributed by atoms with Gasteiger partial charge in [-0.2, -0.15) is 0 Å². The minimum absolute atomic E-state index is 0.112. The lowest BCUT2D eigenvalue weighted by molar-refractivity contribution is -0.132. The Kier molecular flexibility index (Phi) is 5.80. The molecule has 0 bridgehead atoms. The molecule has 0 spiro atoms. The summed E-state index contributed by atoms with van der Waals surface area (Å²) in [6.07, 6.45) is -0.885. The van der Waals surface area contributed by atoms with Crippen molar-refractivity contribution in [3.8, 4) is 5.75 Å². The van der Waals surface area contributed by atoms with E-state index >= 15 is 0 Å². The summed E-state index contributed by atoms with van der Waals surface area (Å²) in [7, 11) is 0. The van der Waals surface area contributed by atoms with Crippen LogP contribution in [0.2, 0.25) is 0 Å². The zero-order valence-electron chi connectivity index (χ0n) is 12.4. The van der Waals surface area contributed by atoms with E-state index in [1.54, 1.807) is 0 Å². The molecule has 7 nitrogen and oxygen atoms in total. The van der Waals surface area contributed by atoms with E-state index in [1.165, 1.54) is 36.1 Å². The van der Waals surface area contributed by atoms with E-state index in [0.717, 1.165) is 11.8 Å². The second-order valence-electron chi connectivity index (χ2n) is 4.79. The van der Waals surface area contributed by atoms with E-state index in [4.69, 9.17) is 4.74 Å². The van der Waals surface area contributed by atoms with Crippen molar-refractivity contribution in [3.05, 3.63) is 30.1 Å². The SMILES string of the molecule is C[C@H](Oc1ccc(F)cc1)C(=O)NNC(=O)CN1CCSC1=O. The third-order valence-corrected chi connectivity index (χ3v) is 3.89. The monoisotopic (exact) mass is 341 g/mol. The molecule has 2 rings (SSSR count). The van der Waals surface area contributed by atoms with Crippen LogP contribution in [0.4, 0.5) is 9.18 Å². The molecule has 1 fully saturated rings. The minimum Gasteiger partial charge on any atom is -0.481 e. The Morgan fingerprint density at radius 3 is 2.65 bits per heavy atom. The van der Waals surface area contributed by atoms with E-state index in [-0.39, 0.29) is 11.8 Å². The molecule has 2 N–H and O–H groups in total. The summed E-state index contributed by atoms with van der Waals surface area (Å²) < 4.78 is 18.1. The maximum atomic E-state index is 12.8. The molecule has 1 heterocycles. The molecule has 0 unspecified atom stereocenters. The maximum absolute atomic E-state index is 12.8. The van der Waals surface area contributed by atoms with E-state index < -0.39 is 23.7 Å². The Hall–Kier alpha value is -2.29. The van der Waals surface area contributed by atoms with Gasteiger partial charge < -0.3 is 9.64 Å². The van der Waals surface area contributed by atoms with Crippen molar-refractivity contribution >= 4 is 28.8 Å². The van der Waals surface area contributed by atoms with Gasteiger partial charge in [-0.1, -0.05) is 11.8 Å². The molecule has 1 aliphatic rings. The van der Waals surface area contributed by atoms with Crippen molar-refractivity contribution in [3.63, 3.8) is 0 Å². The molecule has 0 radical (unpaired) electrons. The van der Waals surface area contributed by atoms with Crippen LogP contribution in [0, 0.1) is 5.82 Å². The van der Waals surface area contributed by atoms with Gasteiger partial charge in [-0.3, -0.25) is 25.2 Å². The number of hydrogen-bond acceptors (Lipinski definition) is 5. The summed E-state index contributed by atoms with van der Waals surface area (Å²) in [6, 6.07) is 5.22. The molecule has 1 atom stereocenters. The minimum atomic E-state index is -0.885. The molecule has 23 heavy (non-hydrogen) atoms. The lowest BCUT2D eigenvalue weighted by Crippen LogP contribution is -2.50. The number of carbonyl (C=O) groups excluding carboxylic acids is 3. The highest BCUT2D eigenvalue weighted by atomic mass is 32.2. The average Bonchev–Trinajstić information content (AvgIpc) is 2.92. The second kappa shape index (κ2) is 7.82. The van der Waals surface area contributed by atoms with Crippen LogP contribution in [0.1, 0.15) is 6.92 Å². The molecule has 1 aliphatic heterocycles. The number of benzene rings is 1. The number of halogens is 1. The van der Waals surface area contributed by atoms with Crippen LogP contribution in [-0.4, -0.2) is 46.9 Å². The molecule has 9 heteroatoms. The molecule has 0 aliphatic carbocycles. The molecular weight excluding hydrogens is 325 g/mol. The Balaban J connectivity index is 1.73. The first-order valence-electron chi connectivity index (χ1n) is 6.88. The largest absolute Gasteiger partial charge is 0.481 e. The molecular formula is C14H16FN3O4S. The highest BCUT2D eigenvalue weighted by Crippen LogP contribution is 2.16. The molecule has 1 aromatic carbocycles. The van der Waals surface area contributed by atoms with Crippen molar-refractivity contribution in [2.75, 3.05) is 18.8 Å². The summed E-state index contributed by atoms with van der Waals surface area (Å²) in [5, 5.41) is -0.153. The maximum Gasteiger partial charge on any atom is 0.282 e. The Labute approximate surface area is 136 Å². The number of hydrogen-bond donors (Lipinski definition) is 2. The van der Waals surface area contributed by atoms with Gasteiger partial charge in [-0.25, -0.2) is 4.39 Å². The first-order valence-corrected chi connectivity index (χ1v) is 7.87. The summed E-state index contributed by atoms with van der Waals surface area (Å²) in [4.78, 5) is 36.2. The fourth-order valence-corrected chi connectivity index (χ4v) is 2.61. The molecule has 1 saturated heterocycles. The molecule has 1 aromatic rings. The van der Waals surface area contributed by atoms with Crippen LogP contribution in [0.5, 0.6) is 5.75 Å². The van der Waals surface area contributed by atoms with Gasteiger partial charge in [0.2, 0.25) is 0 Å². The summed E-state index contributed by atoms with van der Waals surface area (Å²) in [6.45, 7) is 1.89. The number of nitrogens with zero attached hydrogens (tertiary/aromatic N) is 1. The lowest BCUT2D eigenvalue weighted by atomic mass is 10.3. The van der Waals surface area contributed by atoms with Crippen LogP contribution >= 0.6 is 11.8 Å². The van der Waals surface area contributed by atoms with Crippen LogP contribution in [0.15, 0.2) is 24.3 Å². The van der Waals surface area contributed by atoms with Crippen LogP contribution in [-0.2, 0) is 9.59 Å². The number of rotatable bonds is 5. The Bertz CT molecular complexity index is 596. The van der Waals surface area contributed by atoms with Gasteiger partial charge in [0.25, 0.3) is 17.1 Å². The molecule has 124 valence electrons. The molecule has 0 saturated carbocycles. The van der Waals surface area contributed by atoms with Gasteiger partial charge in [0, 0.05) is 12.3 Å². The fourth-order valence-electron chi connectivity index (χ4n) is 1.79. The number of hydrazine groups is 1. The number of nitrogens with one attached hydrogen (secondary N) is 2. The third kappa shape index (κ3) is 5.13. The standard InChI is InChI=1S/C14H16FN3O4S/c1-9(22-11-4-2-10(15)3-5-11)13(20)17-16-12(19)8-18-6-7-23-14(18)21/h2-5,9H,6-8H2,1H3,(H,16,19)(H,17,20)/t9-/m0/s1. The number of thioether (sulfide) groups is 1. The van der Waals surface area contributed by atoms with Crippen molar-refractivity contribution < 1.29 is 23.5 Å². The van der Waals surface area contributed by atoms with Gasteiger partial charge in [-0.15, -0.1) is 0 Å². The smallest absolute Gasteiger partial charge is 0.282 e. The number of ether oxygens (including phenoxy) is 1. The quantitative estimate of drug-likeness (QED) is 0.777. The van der Waals surface area contributed by atoms with Crippen LogP contribution in [0.25, 0.3) is 0 Å². The average molecular weight is 341 g/mol. The molecule has 3 amide bonds.